The summed E-state index contributed by atoms with van der Waals surface area (Å²) in [5, 5.41) is 0. The van der Waals surface area contributed by atoms with E-state index in [2.05, 4.69) is 34.1 Å². The number of rotatable bonds is 4. The fourth-order valence-corrected chi connectivity index (χ4v) is 3.74. The van der Waals surface area contributed by atoms with E-state index in [0.29, 0.717) is 5.56 Å². The van der Waals surface area contributed by atoms with Crippen LogP contribution in [-0.4, -0.2) is 42.1 Å². The molecule has 0 saturated carbocycles. The molecule has 6 heteroatoms. The SMILES string of the molecule is Cc1cc(C)[nH]c(=O)c1.Cc1ccc(-c2ccc(CN3CCOCC3)cc2)cc1C(N)=O. The maximum atomic E-state index is 11.5. The summed E-state index contributed by atoms with van der Waals surface area (Å²) in [6.07, 6.45) is 0. The quantitative estimate of drug-likeness (QED) is 0.658. The van der Waals surface area contributed by atoms with Crippen LogP contribution < -0.4 is 11.3 Å². The minimum absolute atomic E-state index is 0.0208. The molecular formula is C26H31N3O3. The fraction of sp³-hybridized carbons (Fsp3) is 0.308. The van der Waals surface area contributed by atoms with Crippen molar-refractivity contribution >= 4 is 5.91 Å². The summed E-state index contributed by atoms with van der Waals surface area (Å²) in [6, 6.07) is 17.8. The topological polar surface area (TPSA) is 88.4 Å². The summed E-state index contributed by atoms with van der Waals surface area (Å²) >= 11 is 0. The molecule has 1 amide bonds. The number of aromatic amines is 1. The number of primary amides is 1. The standard InChI is InChI=1S/C19H22N2O2.C7H9NO/c1-14-2-5-17(12-18(14)19(20)22)16-6-3-15(4-7-16)13-21-8-10-23-11-9-21;1-5-3-6(2)8-7(9)4-5/h2-7,12H,8-11,13H2,1H3,(H2,20,22);3-4H,1-2H3,(H,8,9). The monoisotopic (exact) mass is 433 g/mol. The zero-order valence-corrected chi connectivity index (χ0v) is 19.0. The molecular weight excluding hydrogens is 402 g/mol. The Hall–Kier alpha value is -3.22. The largest absolute Gasteiger partial charge is 0.379 e. The van der Waals surface area contributed by atoms with Crippen LogP contribution in [0.3, 0.4) is 0 Å². The van der Waals surface area contributed by atoms with Gasteiger partial charge in [0.1, 0.15) is 0 Å². The van der Waals surface area contributed by atoms with Crippen molar-refractivity contribution in [3.05, 3.63) is 92.9 Å². The number of hydrogen-bond donors (Lipinski definition) is 2. The summed E-state index contributed by atoms with van der Waals surface area (Å²) < 4.78 is 5.38. The van der Waals surface area contributed by atoms with Crippen molar-refractivity contribution in [1.82, 2.24) is 9.88 Å². The van der Waals surface area contributed by atoms with E-state index in [-0.39, 0.29) is 11.5 Å². The molecule has 2 aromatic carbocycles. The number of H-pyrrole nitrogens is 1. The lowest BCUT2D eigenvalue weighted by molar-refractivity contribution is 0.0342. The first-order valence-corrected chi connectivity index (χ1v) is 10.8. The molecule has 32 heavy (non-hydrogen) atoms. The van der Waals surface area contributed by atoms with E-state index in [4.69, 9.17) is 10.5 Å². The summed E-state index contributed by atoms with van der Waals surface area (Å²) in [5.74, 6) is -0.381. The number of nitrogens with one attached hydrogen (secondary N) is 1. The Bertz CT molecular complexity index is 1090. The summed E-state index contributed by atoms with van der Waals surface area (Å²) in [4.78, 5) is 27.2. The Labute approximate surface area is 189 Å². The highest BCUT2D eigenvalue weighted by molar-refractivity contribution is 5.95. The van der Waals surface area contributed by atoms with E-state index in [1.165, 1.54) is 5.56 Å². The van der Waals surface area contributed by atoms with E-state index in [1.54, 1.807) is 6.07 Å². The molecule has 0 unspecified atom stereocenters. The van der Waals surface area contributed by atoms with Gasteiger partial charge < -0.3 is 15.5 Å². The van der Waals surface area contributed by atoms with Gasteiger partial charge in [0.2, 0.25) is 11.5 Å². The molecule has 1 aliphatic heterocycles. The number of benzene rings is 2. The second-order valence-corrected chi connectivity index (χ2v) is 8.18. The van der Waals surface area contributed by atoms with Crippen molar-refractivity contribution in [2.75, 3.05) is 26.3 Å². The first-order chi connectivity index (χ1) is 15.3. The molecule has 2 heterocycles. The Morgan fingerprint density at radius 3 is 2.22 bits per heavy atom. The van der Waals surface area contributed by atoms with Gasteiger partial charge in [-0.3, -0.25) is 14.5 Å². The molecule has 1 saturated heterocycles. The number of pyridine rings is 1. The number of nitrogens with two attached hydrogens (primary N) is 1. The highest BCUT2D eigenvalue weighted by atomic mass is 16.5. The molecule has 0 spiro atoms. The zero-order valence-electron chi connectivity index (χ0n) is 19.0. The predicted molar refractivity (Wildman–Crippen MR) is 128 cm³/mol. The lowest BCUT2D eigenvalue weighted by Crippen LogP contribution is -2.35. The first kappa shape index (κ1) is 23.4. The summed E-state index contributed by atoms with van der Waals surface area (Å²) in [7, 11) is 0. The summed E-state index contributed by atoms with van der Waals surface area (Å²) in [5.41, 5.74) is 12.2. The van der Waals surface area contributed by atoms with Crippen LogP contribution in [-0.2, 0) is 11.3 Å². The van der Waals surface area contributed by atoms with Gasteiger partial charge in [-0.25, -0.2) is 0 Å². The molecule has 0 aliphatic carbocycles. The number of carbonyl (C=O) groups is 1. The fourth-order valence-electron chi connectivity index (χ4n) is 3.74. The van der Waals surface area contributed by atoms with E-state index in [9.17, 15) is 9.59 Å². The maximum absolute atomic E-state index is 11.5. The maximum Gasteiger partial charge on any atom is 0.248 e. The molecule has 4 rings (SSSR count). The van der Waals surface area contributed by atoms with Crippen molar-refractivity contribution in [3.8, 4) is 11.1 Å². The van der Waals surface area contributed by atoms with Crippen molar-refractivity contribution < 1.29 is 9.53 Å². The Morgan fingerprint density at radius 2 is 1.62 bits per heavy atom. The third-order valence-electron chi connectivity index (χ3n) is 5.42. The van der Waals surface area contributed by atoms with Crippen LogP contribution in [0.25, 0.3) is 11.1 Å². The van der Waals surface area contributed by atoms with Crippen molar-refractivity contribution in [1.29, 1.82) is 0 Å². The van der Waals surface area contributed by atoms with E-state index < -0.39 is 0 Å². The van der Waals surface area contributed by atoms with Gasteiger partial charge in [-0.15, -0.1) is 0 Å². The predicted octanol–water partition coefficient (Wildman–Crippen LogP) is 3.58. The molecule has 0 radical (unpaired) electrons. The molecule has 6 nitrogen and oxygen atoms in total. The lowest BCUT2D eigenvalue weighted by atomic mass is 9.98. The highest BCUT2D eigenvalue weighted by Gasteiger charge is 2.11. The van der Waals surface area contributed by atoms with Crippen molar-refractivity contribution in [2.24, 2.45) is 5.73 Å². The van der Waals surface area contributed by atoms with E-state index >= 15 is 0 Å². The van der Waals surface area contributed by atoms with Gasteiger partial charge in [-0.05, 0) is 60.7 Å². The molecule has 0 atom stereocenters. The lowest BCUT2D eigenvalue weighted by Gasteiger charge is -2.26. The third kappa shape index (κ3) is 6.64. The Balaban J connectivity index is 0.000000269. The third-order valence-corrected chi connectivity index (χ3v) is 5.42. The minimum atomic E-state index is -0.381. The van der Waals surface area contributed by atoms with Gasteiger partial charge in [-0.2, -0.15) is 0 Å². The number of aromatic nitrogens is 1. The Kier molecular flexibility index (Phi) is 7.98. The molecule has 1 fully saturated rings. The van der Waals surface area contributed by atoms with Gasteiger partial charge in [0, 0.05) is 37.0 Å². The second kappa shape index (κ2) is 10.9. The number of aryl methyl sites for hydroxylation is 3. The Morgan fingerprint density at radius 1 is 0.969 bits per heavy atom. The molecule has 3 aromatic rings. The number of amides is 1. The summed E-state index contributed by atoms with van der Waals surface area (Å²) in [6.45, 7) is 10.2. The molecule has 1 aromatic heterocycles. The van der Waals surface area contributed by atoms with Crippen molar-refractivity contribution in [3.63, 3.8) is 0 Å². The number of morpholine rings is 1. The van der Waals surface area contributed by atoms with Gasteiger partial charge >= 0.3 is 0 Å². The average molecular weight is 434 g/mol. The normalized spacial score (nSPS) is 13.8. The van der Waals surface area contributed by atoms with Gasteiger partial charge in [0.05, 0.1) is 13.2 Å². The van der Waals surface area contributed by atoms with Gasteiger partial charge in [-0.1, -0.05) is 36.4 Å². The number of hydrogen-bond acceptors (Lipinski definition) is 4. The van der Waals surface area contributed by atoms with Gasteiger partial charge in [0.15, 0.2) is 0 Å². The second-order valence-electron chi connectivity index (χ2n) is 8.18. The minimum Gasteiger partial charge on any atom is -0.379 e. The van der Waals surface area contributed by atoms with Crippen LogP contribution in [0.1, 0.15) is 32.7 Å². The van der Waals surface area contributed by atoms with Crippen LogP contribution in [0.15, 0.2) is 59.4 Å². The van der Waals surface area contributed by atoms with E-state index in [0.717, 1.165) is 60.8 Å². The number of carbonyl (C=O) groups excluding carboxylic acids is 1. The molecule has 0 bridgehead atoms. The average Bonchev–Trinajstić information content (AvgIpc) is 2.75. The number of ether oxygens (including phenoxy) is 1. The molecule has 1 aliphatic rings. The first-order valence-electron chi connectivity index (χ1n) is 10.8. The van der Waals surface area contributed by atoms with Gasteiger partial charge in [0.25, 0.3) is 0 Å². The van der Waals surface area contributed by atoms with Crippen LogP contribution in [0.2, 0.25) is 0 Å². The van der Waals surface area contributed by atoms with E-state index in [1.807, 2.05) is 45.0 Å². The van der Waals surface area contributed by atoms with Crippen LogP contribution in [0, 0.1) is 20.8 Å². The van der Waals surface area contributed by atoms with Crippen LogP contribution >= 0.6 is 0 Å². The smallest absolute Gasteiger partial charge is 0.248 e. The zero-order chi connectivity index (χ0) is 23.1. The highest BCUT2D eigenvalue weighted by Crippen LogP contribution is 2.23. The van der Waals surface area contributed by atoms with Crippen LogP contribution in [0.4, 0.5) is 0 Å². The molecule has 168 valence electrons. The number of nitrogens with zero attached hydrogens (tertiary/aromatic N) is 1. The van der Waals surface area contributed by atoms with Crippen LogP contribution in [0.5, 0.6) is 0 Å². The van der Waals surface area contributed by atoms with Crippen molar-refractivity contribution in [2.45, 2.75) is 27.3 Å². The molecule has 3 N–H and O–H groups in total.